The number of urea groups is 1. The lowest BCUT2D eigenvalue weighted by Gasteiger charge is -2.29. The molecule has 3 aliphatic heterocycles. The summed E-state index contributed by atoms with van der Waals surface area (Å²) in [4.78, 5) is 32.9. The zero-order valence-electron chi connectivity index (χ0n) is 11.9. The number of fused-ring (bicyclic) bond motifs is 2. The Balaban J connectivity index is 1.52. The predicted molar refractivity (Wildman–Crippen MR) is 71.7 cm³/mol. The summed E-state index contributed by atoms with van der Waals surface area (Å²) < 4.78 is 0. The van der Waals surface area contributed by atoms with E-state index in [0.717, 1.165) is 6.42 Å². The lowest BCUT2D eigenvalue weighted by molar-refractivity contribution is -0.142. The molecule has 0 aromatic heterocycles. The van der Waals surface area contributed by atoms with Gasteiger partial charge in [-0.15, -0.1) is 0 Å². The lowest BCUT2D eigenvalue weighted by atomic mass is 10.0. The number of nitrogens with zero attached hydrogens (tertiary/aromatic N) is 3. The summed E-state index contributed by atoms with van der Waals surface area (Å²) in [6, 6.07) is 1.56. The fourth-order valence-corrected chi connectivity index (χ4v) is 3.21. The predicted octanol–water partition coefficient (Wildman–Crippen LogP) is -0.813. The quantitative estimate of drug-likeness (QED) is 0.663. The molecule has 3 fully saturated rings. The molecule has 3 saturated heterocycles. The zero-order chi connectivity index (χ0) is 15.0. The Morgan fingerprint density at radius 2 is 2.33 bits per heavy atom. The first-order chi connectivity index (χ1) is 10.1. The first-order valence-corrected chi connectivity index (χ1v) is 7.22. The number of nitrogens with one attached hydrogen (secondary N) is 2. The SMILES string of the molecule is CN1C(=O)N2C[C@H]1CC[C@H]2C(=O)NO[C@H]1CN[C@@H](C#N)C1. The number of hydrogen-bond donors (Lipinski definition) is 2. The minimum Gasteiger partial charge on any atom is -0.323 e. The van der Waals surface area contributed by atoms with Crippen molar-refractivity contribution in [1.29, 1.82) is 5.26 Å². The van der Waals surface area contributed by atoms with Gasteiger partial charge in [-0.25, -0.2) is 10.3 Å². The van der Waals surface area contributed by atoms with Gasteiger partial charge in [0.2, 0.25) is 0 Å². The Morgan fingerprint density at radius 1 is 1.52 bits per heavy atom. The summed E-state index contributed by atoms with van der Waals surface area (Å²) in [5.74, 6) is -0.280. The van der Waals surface area contributed by atoms with Gasteiger partial charge in [0.25, 0.3) is 5.91 Å². The Kier molecular flexibility index (Phi) is 3.69. The molecule has 3 rings (SSSR count). The molecule has 21 heavy (non-hydrogen) atoms. The van der Waals surface area contributed by atoms with E-state index in [-0.39, 0.29) is 30.1 Å². The normalized spacial score (nSPS) is 35.0. The second-order valence-electron chi connectivity index (χ2n) is 5.82. The first-order valence-electron chi connectivity index (χ1n) is 7.22. The molecule has 0 unspecified atom stereocenters. The van der Waals surface area contributed by atoms with E-state index in [9.17, 15) is 9.59 Å². The van der Waals surface area contributed by atoms with E-state index < -0.39 is 6.04 Å². The smallest absolute Gasteiger partial charge is 0.320 e. The monoisotopic (exact) mass is 293 g/mol. The van der Waals surface area contributed by atoms with Crippen LogP contribution in [-0.2, 0) is 9.63 Å². The summed E-state index contributed by atoms with van der Waals surface area (Å²) in [5, 5.41) is 11.8. The fraction of sp³-hybridized carbons (Fsp3) is 0.769. The highest BCUT2D eigenvalue weighted by Crippen LogP contribution is 2.28. The molecule has 3 heterocycles. The van der Waals surface area contributed by atoms with Crippen molar-refractivity contribution >= 4 is 11.9 Å². The summed E-state index contributed by atoms with van der Waals surface area (Å²) >= 11 is 0. The molecule has 0 spiro atoms. The highest BCUT2D eigenvalue weighted by Gasteiger charge is 2.45. The van der Waals surface area contributed by atoms with Crippen LogP contribution in [0.2, 0.25) is 0 Å². The van der Waals surface area contributed by atoms with Gasteiger partial charge in [0.15, 0.2) is 0 Å². The maximum Gasteiger partial charge on any atom is 0.320 e. The summed E-state index contributed by atoms with van der Waals surface area (Å²) in [5.41, 5.74) is 2.46. The summed E-state index contributed by atoms with van der Waals surface area (Å²) in [6.45, 7) is 1.14. The zero-order valence-corrected chi connectivity index (χ0v) is 11.9. The van der Waals surface area contributed by atoms with Crippen molar-refractivity contribution in [2.75, 3.05) is 20.1 Å². The van der Waals surface area contributed by atoms with E-state index in [1.807, 2.05) is 0 Å². The van der Waals surface area contributed by atoms with Crippen LogP contribution in [0.3, 0.4) is 0 Å². The molecular formula is C13H19N5O3. The highest BCUT2D eigenvalue weighted by molar-refractivity contribution is 5.88. The number of likely N-dealkylation sites (N-methyl/N-ethyl adjacent to an activating group) is 1. The molecule has 0 radical (unpaired) electrons. The van der Waals surface area contributed by atoms with E-state index in [4.69, 9.17) is 10.1 Å². The van der Waals surface area contributed by atoms with Gasteiger partial charge in [-0.1, -0.05) is 0 Å². The standard InChI is InChI=1S/C13H19N5O3/c1-17-9-2-3-11(18(7-9)13(17)20)12(19)16-21-10-4-8(5-14)15-6-10/h8-11,15H,2-4,6-7H2,1H3,(H,16,19)/t8-,9-,10-,11+/m1/s1. The van der Waals surface area contributed by atoms with Crippen LogP contribution < -0.4 is 10.8 Å². The number of hydrogen-bond acceptors (Lipinski definition) is 5. The lowest BCUT2D eigenvalue weighted by Crippen LogP contribution is -2.50. The molecule has 3 amide bonds. The fourth-order valence-electron chi connectivity index (χ4n) is 3.21. The van der Waals surface area contributed by atoms with Crippen molar-refractivity contribution in [3.05, 3.63) is 0 Å². The van der Waals surface area contributed by atoms with Crippen LogP contribution >= 0.6 is 0 Å². The van der Waals surface area contributed by atoms with Crippen molar-refractivity contribution in [2.45, 2.75) is 43.5 Å². The first kappa shape index (κ1) is 14.1. The van der Waals surface area contributed by atoms with Gasteiger partial charge in [-0.2, -0.15) is 5.26 Å². The van der Waals surface area contributed by atoms with Crippen LogP contribution in [0.25, 0.3) is 0 Å². The number of nitriles is 1. The molecule has 3 aliphatic rings. The van der Waals surface area contributed by atoms with Gasteiger partial charge in [-0.3, -0.25) is 14.9 Å². The van der Waals surface area contributed by atoms with Crippen molar-refractivity contribution in [2.24, 2.45) is 0 Å². The molecule has 2 bridgehead atoms. The van der Waals surface area contributed by atoms with Crippen LogP contribution in [0.5, 0.6) is 0 Å². The molecule has 8 nitrogen and oxygen atoms in total. The summed E-state index contributed by atoms with van der Waals surface area (Å²) in [6.07, 6.45) is 1.83. The van der Waals surface area contributed by atoms with Crippen molar-refractivity contribution in [1.82, 2.24) is 20.6 Å². The van der Waals surface area contributed by atoms with E-state index >= 15 is 0 Å². The maximum atomic E-state index is 12.2. The number of rotatable bonds is 3. The topological polar surface area (TPSA) is 97.7 Å². The third kappa shape index (κ3) is 2.54. The molecule has 0 aromatic carbocycles. The van der Waals surface area contributed by atoms with Gasteiger partial charge in [0.1, 0.15) is 12.1 Å². The maximum absolute atomic E-state index is 12.2. The number of carbonyl (C=O) groups is 2. The third-order valence-electron chi connectivity index (χ3n) is 4.53. The van der Waals surface area contributed by atoms with Crippen molar-refractivity contribution in [3.8, 4) is 6.07 Å². The second kappa shape index (κ2) is 5.50. The van der Waals surface area contributed by atoms with Gasteiger partial charge in [0, 0.05) is 26.6 Å². The Hall–Kier alpha value is -1.85. The molecule has 0 aromatic rings. The average molecular weight is 293 g/mol. The molecule has 114 valence electrons. The molecule has 0 aliphatic carbocycles. The van der Waals surface area contributed by atoms with Gasteiger partial charge in [0.05, 0.1) is 18.2 Å². The number of piperidine rings is 1. The van der Waals surface area contributed by atoms with E-state index in [2.05, 4.69) is 16.9 Å². The molecule has 4 atom stereocenters. The molecule has 8 heteroatoms. The van der Waals surface area contributed by atoms with Gasteiger partial charge < -0.3 is 9.80 Å². The Bertz CT molecular complexity index is 491. The third-order valence-corrected chi connectivity index (χ3v) is 4.53. The highest BCUT2D eigenvalue weighted by atomic mass is 16.7. The van der Waals surface area contributed by atoms with Crippen LogP contribution in [0, 0.1) is 11.3 Å². The van der Waals surface area contributed by atoms with E-state index in [0.29, 0.717) is 25.9 Å². The van der Waals surface area contributed by atoms with E-state index in [1.54, 1.807) is 16.8 Å². The van der Waals surface area contributed by atoms with Crippen LogP contribution in [0.1, 0.15) is 19.3 Å². The van der Waals surface area contributed by atoms with Crippen molar-refractivity contribution < 1.29 is 14.4 Å². The number of amides is 3. The average Bonchev–Trinajstić information content (AvgIpc) is 3.05. The molecular weight excluding hydrogens is 274 g/mol. The Labute approximate surface area is 123 Å². The second-order valence-corrected chi connectivity index (χ2v) is 5.82. The van der Waals surface area contributed by atoms with Gasteiger partial charge >= 0.3 is 6.03 Å². The summed E-state index contributed by atoms with van der Waals surface area (Å²) in [7, 11) is 1.77. The van der Waals surface area contributed by atoms with Crippen LogP contribution in [0.4, 0.5) is 4.79 Å². The van der Waals surface area contributed by atoms with Gasteiger partial charge in [-0.05, 0) is 12.8 Å². The minimum atomic E-state index is -0.458. The van der Waals surface area contributed by atoms with E-state index in [1.165, 1.54) is 0 Å². The van der Waals surface area contributed by atoms with Crippen LogP contribution in [0.15, 0.2) is 0 Å². The minimum absolute atomic E-state index is 0.0928. The number of carbonyl (C=O) groups excluding carboxylic acids is 2. The molecule has 0 saturated carbocycles. The van der Waals surface area contributed by atoms with Crippen LogP contribution in [-0.4, -0.2) is 66.1 Å². The Morgan fingerprint density at radius 3 is 3.05 bits per heavy atom. The number of hydroxylamine groups is 1. The van der Waals surface area contributed by atoms with Crippen molar-refractivity contribution in [3.63, 3.8) is 0 Å². The molecule has 2 N–H and O–H groups in total. The largest absolute Gasteiger partial charge is 0.323 e.